The third kappa shape index (κ3) is 4.86. The molecule has 0 aliphatic heterocycles. The first-order chi connectivity index (χ1) is 10.2. The number of rotatable bonds is 7. The zero-order valence-corrected chi connectivity index (χ0v) is 13.6. The van der Waals surface area contributed by atoms with E-state index in [1.165, 1.54) is 0 Å². The van der Waals surface area contributed by atoms with Gasteiger partial charge < -0.3 is 18.9 Å². The van der Waals surface area contributed by atoms with Gasteiger partial charge in [0, 0.05) is 22.7 Å². The van der Waals surface area contributed by atoms with Crippen molar-refractivity contribution in [1.29, 1.82) is 0 Å². The van der Waals surface area contributed by atoms with Gasteiger partial charge in [0.25, 0.3) is 0 Å². The first-order valence-electron chi connectivity index (χ1n) is 6.45. The molecular weight excluding hydrogens is 336 g/mol. The Morgan fingerprint density at radius 3 is 1.90 bits per heavy atom. The minimum atomic E-state index is 0.433. The van der Waals surface area contributed by atoms with Gasteiger partial charge in [-0.3, -0.25) is 0 Å². The molecule has 0 aliphatic carbocycles. The molecule has 0 aromatic heterocycles. The largest absolute Gasteiger partial charge is 0.496 e. The molecule has 0 radical (unpaired) electrons. The third-order valence-corrected chi connectivity index (χ3v) is 3.24. The Bertz CT molecular complexity index is 564. The highest BCUT2D eigenvalue weighted by atomic mass is 79.9. The molecule has 21 heavy (non-hydrogen) atoms. The fourth-order valence-corrected chi connectivity index (χ4v) is 2.12. The van der Waals surface area contributed by atoms with E-state index in [0.29, 0.717) is 30.5 Å². The number of benzene rings is 2. The van der Waals surface area contributed by atoms with Gasteiger partial charge in [0.15, 0.2) is 0 Å². The summed E-state index contributed by atoms with van der Waals surface area (Å²) in [6, 6.07) is 13.1. The summed E-state index contributed by atoms with van der Waals surface area (Å²) < 4.78 is 22.6. The van der Waals surface area contributed by atoms with Crippen LogP contribution in [0, 0.1) is 0 Å². The maximum atomic E-state index is 5.65. The lowest BCUT2D eigenvalue weighted by molar-refractivity contribution is 0.216. The van der Waals surface area contributed by atoms with Crippen molar-refractivity contribution in [3.05, 3.63) is 46.9 Å². The van der Waals surface area contributed by atoms with Crippen LogP contribution in [0.3, 0.4) is 0 Å². The van der Waals surface area contributed by atoms with Crippen LogP contribution >= 0.6 is 15.9 Å². The summed E-state index contributed by atoms with van der Waals surface area (Å²) in [7, 11) is 3.21. The molecule has 4 nitrogen and oxygen atoms in total. The van der Waals surface area contributed by atoms with E-state index in [-0.39, 0.29) is 0 Å². The molecule has 0 saturated heterocycles. The maximum Gasteiger partial charge on any atom is 0.126 e. The van der Waals surface area contributed by atoms with Gasteiger partial charge in [-0.05, 0) is 18.2 Å². The number of hydrogen-bond donors (Lipinski definition) is 0. The minimum Gasteiger partial charge on any atom is -0.496 e. The SMILES string of the molecule is COc1cc(OC)cc(OCCOc2cccc(Br)c2)c1. The molecule has 0 amide bonds. The van der Waals surface area contributed by atoms with E-state index >= 15 is 0 Å². The highest BCUT2D eigenvalue weighted by Crippen LogP contribution is 2.27. The Morgan fingerprint density at radius 2 is 1.33 bits per heavy atom. The molecule has 112 valence electrons. The number of halogens is 1. The van der Waals surface area contributed by atoms with Crippen LogP contribution in [-0.4, -0.2) is 27.4 Å². The van der Waals surface area contributed by atoms with Crippen molar-refractivity contribution in [2.45, 2.75) is 0 Å². The fourth-order valence-electron chi connectivity index (χ4n) is 1.74. The molecule has 0 atom stereocenters. The van der Waals surface area contributed by atoms with Gasteiger partial charge in [0.2, 0.25) is 0 Å². The van der Waals surface area contributed by atoms with E-state index in [0.717, 1.165) is 10.2 Å². The second kappa shape index (κ2) is 7.78. The van der Waals surface area contributed by atoms with Crippen LogP contribution in [0.15, 0.2) is 46.9 Å². The molecule has 2 aromatic carbocycles. The fraction of sp³-hybridized carbons (Fsp3) is 0.250. The maximum absolute atomic E-state index is 5.65. The Kier molecular flexibility index (Phi) is 5.75. The van der Waals surface area contributed by atoms with E-state index in [9.17, 15) is 0 Å². The van der Waals surface area contributed by atoms with Gasteiger partial charge in [-0.25, -0.2) is 0 Å². The molecule has 0 bridgehead atoms. The first-order valence-corrected chi connectivity index (χ1v) is 7.25. The van der Waals surface area contributed by atoms with Gasteiger partial charge in [0.1, 0.15) is 36.2 Å². The lowest BCUT2D eigenvalue weighted by Crippen LogP contribution is -2.09. The topological polar surface area (TPSA) is 36.9 Å². The Morgan fingerprint density at radius 1 is 0.762 bits per heavy atom. The predicted octanol–water partition coefficient (Wildman–Crippen LogP) is 3.92. The molecule has 0 fully saturated rings. The molecular formula is C16H17BrO4. The van der Waals surface area contributed by atoms with Crippen LogP contribution in [0.2, 0.25) is 0 Å². The lowest BCUT2D eigenvalue weighted by atomic mass is 10.3. The van der Waals surface area contributed by atoms with Gasteiger partial charge in [-0.2, -0.15) is 0 Å². The second-order valence-corrected chi connectivity index (χ2v) is 5.12. The van der Waals surface area contributed by atoms with Crippen LogP contribution in [0.4, 0.5) is 0 Å². The van der Waals surface area contributed by atoms with Crippen LogP contribution < -0.4 is 18.9 Å². The smallest absolute Gasteiger partial charge is 0.126 e. The van der Waals surface area contributed by atoms with E-state index in [1.807, 2.05) is 36.4 Å². The van der Waals surface area contributed by atoms with Crippen molar-refractivity contribution in [3.63, 3.8) is 0 Å². The van der Waals surface area contributed by atoms with Gasteiger partial charge in [-0.1, -0.05) is 22.0 Å². The molecule has 0 saturated carbocycles. The minimum absolute atomic E-state index is 0.433. The third-order valence-electron chi connectivity index (χ3n) is 2.74. The predicted molar refractivity (Wildman–Crippen MR) is 84.7 cm³/mol. The normalized spacial score (nSPS) is 10.0. The highest BCUT2D eigenvalue weighted by Gasteiger charge is 2.03. The zero-order chi connectivity index (χ0) is 15.1. The standard InChI is InChI=1S/C16H17BrO4/c1-18-14-9-15(19-2)11-16(10-14)21-7-6-20-13-5-3-4-12(17)8-13/h3-5,8-11H,6-7H2,1-2H3. The van der Waals surface area contributed by atoms with Crippen LogP contribution in [-0.2, 0) is 0 Å². The monoisotopic (exact) mass is 352 g/mol. The summed E-state index contributed by atoms with van der Waals surface area (Å²) >= 11 is 3.40. The Balaban J connectivity index is 1.85. The Hall–Kier alpha value is -1.88. The average Bonchev–Trinajstić information content (AvgIpc) is 2.51. The van der Waals surface area contributed by atoms with Crippen LogP contribution in [0.25, 0.3) is 0 Å². The van der Waals surface area contributed by atoms with E-state index in [1.54, 1.807) is 20.3 Å². The number of methoxy groups -OCH3 is 2. The summed E-state index contributed by atoms with van der Waals surface area (Å²) in [6.45, 7) is 0.888. The van der Waals surface area contributed by atoms with Crippen molar-refractivity contribution in [1.82, 2.24) is 0 Å². The molecule has 2 aromatic rings. The van der Waals surface area contributed by atoms with Gasteiger partial charge in [0.05, 0.1) is 14.2 Å². The summed E-state index contributed by atoms with van der Waals surface area (Å²) in [5.74, 6) is 2.87. The summed E-state index contributed by atoms with van der Waals surface area (Å²) in [5.41, 5.74) is 0. The highest BCUT2D eigenvalue weighted by molar-refractivity contribution is 9.10. The molecule has 0 heterocycles. The van der Waals surface area contributed by atoms with Crippen molar-refractivity contribution in [2.24, 2.45) is 0 Å². The van der Waals surface area contributed by atoms with Crippen molar-refractivity contribution < 1.29 is 18.9 Å². The van der Waals surface area contributed by atoms with E-state index in [4.69, 9.17) is 18.9 Å². The second-order valence-electron chi connectivity index (χ2n) is 4.20. The molecule has 0 unspecified atom stereocenters. The van der Waals surface area contributed by atoms with Crippen molar-refractivity contribution in [2.75, 3.05) is 27.4 Å². The molecule has 5 heteroatoms. The first kappa shape index (κ1) is 15.5. The number of ether oxygens (including phenoxy) is 4. The zero-order valence-electron chi connectivity index (χ0n) is 12.0. The molecule has 0 aliphatic rings. The summed E-state index contributed by atoms with van der Waals surface area (Å²) in [5, 5.41) is 0. The van der Waals surface area contributed by atoms with Crippen LogP contribution in [0.1, 0.15) is 0 Å². The Labute approximate surface area is 132 Å². The molecule has 0 N–H and O–H groups in total. The van der Waals surface area contributed by atoms with Crippen molar-refractivity contribution in [3.8, 4) is 23.0 Å². The average molecular weight is 353 g/mol. The lowest BCUT2D eigenvalue weighted by Gasteiger charge is -2.11. The van der Waals surface area contributed by atoms with Crippen LogP contribution in [0.5, 0.6) is 23.0 Å². The molecule has 2 rings (SSSR count). The van der Waals surface area contributed by atoms with Gasteiger partial charge in [-0.15, -0.1) is 0 Å². The van der Waals surface area contributed by atoms with Crippen molar-refractivity contribution >= 4 is 15.9 Å². The number of hydrogen-bond acceptors (Lipinski definition) is 4. The van der Waals surface area contributed by atoms with E-state index < -0.39 is 0 Å². The quantitative estimate of drug-likeness (QED) is 0.707. The van der Waals surface area contributed by atoms with Gasteiger partial charge >= 0.3 is 0 Å². The molecule has 0 spiro atoms. The summed E-state index contributed by atoms with van der Waals surface area (Å²) in [6.07, 6.45) is 0. The summed E-state index contributed by atoms with van der Waals surface area (Å²) in [4.78, 5) is 0. The van der Waals surface area contributed by atoms with E-state index in [2.05, 4.69) is 15.9 Å².